The summed E-state index contributed by atoms with van der Waals surface area (Å²) in [6.07, 6.45) is -2.38. The summed E-state index contributed by atoms with van der Waals surface area (Å²) in [5.74, 6) is -1.11. The number of alkyl halides is 4. The highest BCUT2D eigenvalue weighted by atomic mass is 35.5. The maximum Gasteiger partial charge on any atom is 0.391 e. The largest absolute Gasteiger partial charge is 0.391 e. The van der Waals surface area contributed by atoms with E-state index >= 15 is 0 Å². The molecule has 0 amide bonds. The van der Waals surface area contributed by atoms with E-state index in [0.717, 1.165) is 6.42 Å². The Bertz CT molecular complexity index is 111. The molecular weight excluding hydrogens is 189 g/mol. The SMILES string of the molecule is CCCCC(CCCl)C(F)(F)F. The number of hydrogen-bond acceptors (Lipinski definition) is 0. The van der Waals surface area contributed by atoms with E-state index in [9.17, 15) is 13.2 Å². The van der Waals surface area contributed by atoms with Crippen molar-refractivity contribution in [3.05, 3.63) is 0 Å². The fourth-order valence-corrected chi connectivity index (χ4v) is 1.32. The lowest BCUT2D eigenvalue weighted by Crippen LogP contribution is -2.23. The van der Waals surface area contributed by atoms with Crippen molar-refractivity contribution in [1.29, 1.82) is 0 Å². The summed E-state index contributed by atoms with van der Waals surface area (Å²) in [7, 11) is 0. The van der Waals surface area contributed by atoms with Crippen molar-refractivity contribution in [3.63, 3.8) is 0 Å². The van der Waals surface area contributed by atoms with Gasteiger partial charge >= 0.3 is 6.18 Å². The van der Waals surface area contributed by atoms with Gasteiger partial charge in [-0.1, -0.05) is 19.8 Å². The van der Waals surface area contributed by atoms with Crippen LogP contribution in [0.3, 0.4) is 0 Å². The number of halogens is 4. The second-order valence-electron chi connectivity index (χ2n) is 2.86. The lowest BCUT2D eigenvalue weighted by Gasteiger charge is -2.18. The standard InChI is InChI=1S/C8H14ClF3/c1-2-3-4-7(5-6-9)8(10,11)12/h7H,2-6H2,1H3. The Hall–Kier alpha value is 0.0800. The van der Waals surface area contributed by atoms with Gasteiger partial charge in [-0.25, -0.2) is 0 Å². The van der Waals surface area contributed by atoms with Crippen molar-refractivity contribution in [3.8, 4) is 0 Å². The number of rotatable bonds is 5. The summed E-state index contributed by atoms with van der Waals surface area (Å²) in [6, 6.07) is 0. The first-order chi connectivity index (χ1) is 5.52. The van der Waals surface area contributed by atoms with Crippen LogP contribution in [0, 0.1) is 5.92 Å². The molecule has 4 heteroatoms. The minimum Gasteiger partial charge on any atom is -0.171 e. The van der Waals surface area contributed by atoms with Gasteiger partial charge in [-0.2, -0.15) is 13.2 Å². The molecule has 12 heavy (non-hydrogen) atoms. The third-order valence-electron chi connectivity index (χ3n) is 1.83. The summed E-state index contributed by atoms with van der Waals surface area (Å²) in [5, 5.41) is 0. The molecular formula is C8H14ClF3. The average molecular weight is 203 g/mol. The van der Waals surface area contributed by atoms with E-state index in [0.29, 0.717) is 6.42 Å². The predicted molar refractivity (Wildman–Crippen MR) is 44.4 cm³/mol. The Morgan fingerprint density at radius 2 is 1.83 bits per heavy atom. The molecule has 0 aromatic carbocycles. The van der Waals surface area contributed by atoms with Crippen molar-refractivity contribution in [2.45, 2.75) is 38.8 Å². The number of hydrogen-bond donors (Lipinski definition) is 0. The molecule has 0 aliphatic heterocycles. The van der Waals surface area contributed by atoms with Gasteiger partial charge in [0.25, 0.3) is 0 Å². The van der Waals surface area contributed by atoms with Crippen LogP contribution in [0.2, 0.25) is 0 Å². The van der Waals surface area contributed by atoms with E-state index < -0.39 is 12.1 Å². The smallest absolute Gasteiger partial charge is 0.171 e. The highest BCUT2D eigenvalue weighted by Crippen LogP contribution is 2.32. The molecule has 0 aliphatic rings. The van der Waals surface area contributed by atoms with Gasteiger partial charge in [0, 0.05) is 5.88 Å². The second-order valence-corrected chi connectivity index (χ2v) is 3.24. The molecule has 0 fully saturated rings. The first kappa shape index (κ1) is 12.1. The molecule has 0 aromatic rings. The van der Waals surface area contributed by atoms with Crippen LogP contribution in [0.25, 0.3) is 0 Å². The van der Waals surface area contributed by atoms with E-state index in [4.69, 9.17) is 11.6 Å². The molecule has 1 unspecified atom stereocenters. The van der Waals surface area contributed by atoms with Gasteiger partial charge < -0.3 is 0 Å². The normalized spacial score (nSPS) is 14.8. The first-order valence-corrected chi connectivity index (χ1v) is 4.68. The quantitative estimate of drug-likeness (QED) is 0.592. The molecule has 0 saturated heterocycles. The third kappa shape index (κ3) is 4.86. The van der Waals surface area contributed by atoms with Crippen LogP contribution >= 0.6 is 11.6 Å². The molecule has 0 aromatic heterocycles. The van der Waals surface area contributed by atoms with Gasteiger partial charge in [-0.05, 0) is 12.8 Å². The van der Waals surface area contributed by atoms with E-state index in [2.05, 4.69) is 0 Å². The Labute approximate surface area is 76.1 Å². The molecule has 0 bridgehead atoms. The summed E-state index contributed by atoms with van der Waals surface area (Å²) in [5.41, 5.74) is 0. The molecule has 0 spiro atoms. The van der Waals surface area contributed by atoms with E-state index in [-0.39, 0.29) is 18.7 Å². The topological polar surface area (TPSA) is 0 Å². The Morgan fingerprint density at radius 1 is 1.25 bits per heavy atom. The summed E-state index contributed by atoms with van der Waals surface area (Å²) >= 11 is 5.28. The van der Waals surface area contributed by atoms with Crippen molar-refractivity contribution in [2.75, 3.05) is 5.88 Å². The van der Waals surface area contributed by atoms with Crippen molar-refractivity contribution in [2.24, 2.45) is 5.92 Å². The zero-order chi connectivity index (χ0) is 9.61. The zero-order valence-electron chi connectivity index (χ0n) is 7.12. The van der Waals surface area contributed by atoms with Crippen LogP contribution in [-0.2, 0) is 0 Å². The summed E-state index contributed by atoms with van der Waals surface area (Å²) in [6.45, 7) is 1.88. The molecule has 0 N–H and O–H groups in total. The van der Waals surface area contributed by atoms with E-state index in [1.54, 1.807) is 0 Å². The van der Waals surface area contributed by atoms with Gasteiger partial charge in [0.1, 0.15) is 0 Å². The summed E-state index contributed by atoms with van der Waals surface area (Å²) < 4.78 is 36.5. The lowest BCUT2D eigenvalue weighted by molar-refractivity contribution is -0.177. The maximum atomic E-state index is 12.2. The zero-order valence-corrected chi connectivity index (χ0v) is 7.88. The van der Waals surface area contributed by atoms with Crippen molar-refractivity contribution < 1.29 is 13.2 Å². The van der Waals surface area contributed by atoms with Crippen LogP contribution in [-0.4, -0.2) is 12.1 Å². The fraction of sp³-hybridized carbons (Fsp3) is 1.00. The van der Waals surface area contributed by atoms with Crippen molar-refractivity contribution >= 4 is 11.6 Å². The average Bonchev–Trinajstić information content (AvgIpc) is 1.95. The molecule has 0 nitrogen and oxygen atoms in total. The fourth-order valence-electron chi connectivity index (χ4n) is 1.05. The van der Waals surface area contributed by atoms with Gasteiger partial charge in [0.15, 0.2) is 0 Å². The second kappa shape index (κ2) is 5.68. The Kier molecular flexibility index (Phi) is 5.72. The Morgan fingerprint density at radius 3 is 2.17 bits per heavy atom. The third-order valence-corrected chi connectivity index (χ3v) is 2.04. The summed E-state index contributed by atoms with van der Waals surface area (Å²) in [4.78, 5) is 0. The molecule has 0 aliphatic carbocycles. The minimum absolute atomic E-state index is 0.0467. The molecule has 0 rings (SSSR count). The van der Waals surface area contributed by atoms with Crippen LogP contribution in [0.1, 0.15) is 32.6 Å². The van der Waals surface area contributed by atoms with Gasteiger partial charge in [-0.3, -0.25) is 0 Å². The van der Waals surface area contributed by atoms with Gasteiger partial charge in [0.05, 0.1) is 5.92 Å². The van der Waals surface area contributed by atoms with E-state index in [1.807, 2.05) is 6.92 Å². The van der Waals surface area contributed by atoms with Crippen LogP contribution < -0.4 is 0 Å². The molecule has 0 saturated carbocycles. The maximum absolute atomic E-state index is 12.2. The monoisotopic (exact) mass is 202 g/mol. The predicted octanol–water partition coefficient (Wildman–Crippen LogP) is 3.98. The van der Waals surface area contributed by atoms with Crippen LogP contribution in [0.15, 0.2) is 0 Å². The highest BCUT2D eigenvalue weighted by Gasteiger charge is 2.37. The van der Waals surface area contributed by atoms with Gasteiger partial charge in [-0.15, -0.1) is 11.6 Å². The minimum atomic E-state index is -4.07. The first-order valence-electron chi connectivity index (χ1n) is 4.15. The molecule has 0 radical (unpaired) electrons. The van der Waals surface area contributed by atoms with E-state index in [1.165, 1.54) is 0 Å². The van der Waals surface area contributed by atoms with Crippen molar-refractivity contribution in [1.82, 2.24) is 0 Å². The molecule has 0 heterocycles. The highest BCUT2D eigenvalue weighted by molar-refractivity contribution is 6.17. The van der Waals surface area contributed by atoms with Crippen LogP contribution in [0.4, 0.5) is 13.2 Å². The van der Waals surface area contributed by atoms with Crippen LogP contribution in [0.5, 0.6) is 0 Å². The molecule has 74 valence electrons. The Balaban J connectivity index is 3.86. The lowest BCUT2D eigenvalue weighted by atomic mass is 9.99. The number of unbranched alkanes of at least 4 members (excludes halogenated alkanes) is 1. The van der Waals surface area contributed by atoms with Gasteiger partial charge in [0.2, 0.25) is 0 Å². The molecule has 1 atom stereocenters.